The number of rotatable bonds is 7. The third kappa shape index (κ3) is 5.80. The molecule has 1 fully saturated rings. The third-order valence-corrected chi connectivity index (χ3v) is 4.25. The molecule has 1 unspecified atom stereocenters. The summed E-state index contributed by atoms with van der Waals surface area (Å²) in [5.74, 6) is 0.543. The molecule has 0 radical (unpaired) electrons. The Morgan fingerprint density at radius 1 is 1.48 bits per heavy atom. The van der Waals surface area contributed by atoms with Crippen molar-refractivity contribution in [3.05, 3.63) is 23.7 Å². The second-order valence-corrected chi connectivity index (χ2v) is 7.34. The number of nitrogens with one attached hydrogen (secondary N) is 2. The van der Waals surface area contributed by atoms with Crippen molar-refractivity contribution in [1.29, 1.82) is 0 Å². The molecule has 2 heterocycles. The number of carbonyl (C=O) groups is 1. The fourth-order valence-electron chi connectivity index (χ4n) is 2.53. The van der Waals surface area contributed by atoms with Crippen LogP contribution in [0.15, 0.2) is 16.5 Å². The summed E-state index contributed by atoms with van der Waals surface area (Å²) in [7, 11) is -3.28. The zero-order valence-corrected chi connectivity index (χ0v) is 15.0. The minimum atomic E-state index is -3.28. The average Bonchev–Trinajstić information content (AvgIpc) is 3.12. The first-order chi connectivity index (χ1) is 10.4. The maximum atomic E-state index is 12.6. The molecule has 0 bridgehead atoms. The Hall–Kier alpha value is -1.09. The minimum absolute atomic E-state index is 0. The Kier molecular flexibility index (Phi) is 7.53. The van der Waals surface area contributed by atoms with E-state index in [4.69, 9.17) is 4.42 Å². The number of sulfonamides is 1. The van der Waals surface area contributed by atoms with Crippen LogP contribution in [-0.4, -0.2) is 51.2 Å². The maximum Gasteiger partial charge on any atom is 0.289 e. The predicted octanol–water partition coefficient (Wildman–Crippen LogP) is 0.965. The lowest BCUT2D eigenvalue weighted by Gasteiger charge is -2.27. The van der Waals surface area contributed by atoms with Gasteiger partial charge in [0.15, 0.2) is 5.76 Å². The molecule has 9 heteroatoms. The molecule has 1 atom stereocenters. The number of hydrogen-bond acceptors (Lipinski definition) is 5. The molecule has 1 aromatic rings. The summed E-state index contributed by atoms with van der Waals surface area (Å²) in [5.41, 5.74) is 0. The molecule has 2 rings (SSSR count). The van der Waals surface area contributed by atoms with Crippen molar-refractivity contribution in [2.45, 2.75) is 32.4 Å². The number of amides is 1. The summed E-state index contributed by atoms with van der Waals surface area (Å²) < 4.78 is 30.0. The van der Waals surface area contributed by atoms with Crippen LogP contribution in [-0.2, 0) is 16.6 Å². The molecule has 0 saturated carbocycles. The Labute approximate surface area is 143 Å². The van der Waals surface area contributed by atoms with E-state index in [0.29, 0.717) is 12.3 Å². The fraction of sp³-hybridized carbons (Fsp3) is 0.643. The van der Waals surface area contributed by atoms with Crippen LogP contribution in [0, 0.1) is 0 Å². The molecule has 0 spiro atoms. The molecule has 1 aliphatic heterocycles. The summed E-state index contributed by atoms with van der Waals surface area (Å²) >= 11 is 0. The molecule has 1 amide bonds. The number of nitrogens with zero attached hydrogens (tertiary/aromatic N) is 1. The van der Waals surface area contributed by atoms with Gasteiger partial charge in [0.05, 0.1) is 12.8 Å². The second kappa shape index (κ2) is 8.68. The van der Waals surface area contributed by atoms with E-state index in [9.17, 15) is 13.2 Å². The highest BCUT2D eigenvalue weighted by atomic mass is 35.5. The zero-order valence-electron chi connectivity index (χ0n) is 13.4. The number of furan rings is 1. The zero-order chi connectivity index (χ0) is 16.2. The van der Waals surface area contributed by atoms with Crippen molar-refractivity contribution >= 4 is 28.3 Å². The Balaban J connectivity index is 0.00000264. The lowest BCUT2D eigenvalue weighted by molar-refractivity contribution is 0.0657. The Morgan fingerprint density at radius 3 is 2.78 bits per heavy atom. The molecule has 132 valence electrons. The van der Waals surface area contributed by atoms with E-state index in [0.717, 1.165) is 32.2 Å². The predicted molar refractivity (Wildman–Crippen MR) is 90.2 cm³/mol. The summed E-state index contributed by atoms with van der Waals surface area (Å²) in [6.45, 7) is 4.48. The highest BCUT2D eigenvalue weighted by Gasteiger charge is 2.28. The van der Waals surface area contributed by atoms with Gasteiger partial charge in [0.25, 0.3) is 5.91 Å². The van der Waals surface area contributed by atoms with Gasteiger partial charge in [-0.25, -0.2) is 13.1 Å². The first-order valence-corrected chi connectivity index (χ1v) is 9.35. The van der Waals surface area contributed by atoms with E-state index in [1.165, 1.54) is 0 Å². The monoisotopic (exact) mass is 365 g/mol. The first-order valence-electron chi connectivity index (χ1n) is 7.45. The van der Waals surface area contributed by atoms with Crippen LogP contribution >= 0.6 is 12.4 Å². The van der Waals surface area contributed by atoms with E-state index in [2.05, 4.69) is 10.0 Å². The Morgan fingerprint density at radius 2 is 2.22 bits per heavy atom. The molecule has 1 saturated heterocycles. The molecule has 0 aliphatic carbocycles. The summed E-state index contributed by atoms with van der Waals surface area (Å²) in [6.07, 6.45) is 2.90. The van der Waals surface area contributed by atoms with Crippen LogP contribution in [0.5, 0.6) is 0 Å². The van der Waals surface area contributed by atoms with Crippen LogP contribution in [0.25, 0.3) is 0 Å². The van der Waals surface area contributed by atoms with Gasteiger partial charge in [0.1, 0.15) is 5.76 Å². The molecule has 1 aliphatic rings. The topological polar surface area (TPSA) is 91.7 Å². The smallest absolute Gasteiger partial charge is 0.289 e. The highest BCUT2D eigenvalue weighted by molar-refractivity contribution is 7.88. The van der Waals surface area contributed by atoms with Crippen LogP contribution in [0.2, 0.25) is 0 Å². The van der Waals surface area contributed by atoms with Crippen LogP contribution in [0.4, 0.5) is 0 Å². The summed E-state index contributed by atoms with van der Waals surface area (Å²) in [4.78, 5) is 14.4. The van der Waals surface area contributed by atoms with E-state index in [-0.39, 0.29) is 36.7 Å². The van der Waals surface area contributed by atoms with Crippen LogP contribution < -0.4 is 10.0 Å². The SMILES string of the molecule is CCCN(C(=O)c1ccc(CNS(C)(=O)=O)o1)C1CCNC1.Cl. The van der Waals surface area contributed by atoms with Crippen LogP contribution in [0.3, 0.4) is 0 Å². The number of halogens is 1. The van der Waals surface area contributed by atoms with Gasteiger partial charge < -0.3 is 14.6 Å². The third-order valence-electron chi connectivity index (χ3n) is 3.58. The molecular weight excluding hydrogens is 342 g/mol. The van der Waals surface area contributed by atoms with Gasteiger partial charge in [0.2, 0.25) is 10.0 Å². The van der Waals surface area contributed by atoms with Crippen molar-refractivity contribution in [2.75, 3.05) is 25.9 Å². The van der Waals surface area contributed by atoms with E-state index in [1.807, 2.05) is 11.8 Å². The van der Waals surface area contributed by atoms with E-state index < -0.39 is 10.0 Å². The van der Waals surface area contributed by atoms with Gasteiger partial charge in [-0.05, 0) is 31.5 Å². The molecular formula is C14H24ClN3O4S. The molecule has 0 aromatic carbocycles. The van der Waals surface area contributed by atoms with Gasteiger partial charge in [-0.2, -0.15) is 0 Å². The summed E-state index contributed by atoms with van der Waals surface area (Å²) in [5, 5.41) is 3.26. The standard InChI is InChI=1S/C14H23N3O4S.ClH/c1-3-8-17(11-6-7-15-9-11)14(18)13-5-4-12(21-13)10-16-22(2,19)20;/h4-5,11,15-16H,3,6-10H2,1-2H3;1H. The van der Waals surface area contributed by atoms with Gasteiger partial charge >= 0.3 is 0 Å². The molecule has 7 nitrogen and oxygen atoms in total. The number of carbonyl (C=O) groups excluding carboxylic acids is 1. The summed E-state index contributed by atoms with van der Waals surface area (Å²) in [6, 6.07) is 3.42. The van der Waals surface area contributed by atoms with Crippen molar-refractivity contribution < 1.29 is 17.6 Å². The molecule has 1 aromatic heterocycles. The average molecular weight is 366 g/mol. The minimum Gasteiger partial charge on any atom is -0.455 e. The van der Waals surface area contributed by atoms with Crippen molar-refractivity contribution in [1.82, 2.24) is 14.9 Å². The maximum absolute atomic E-state index is 12.6. The quantitative estimate of drug-likeness (QED) is 0.751. The van der Waals surface area contributed by atoms with Crippen molar-refractivity contribution in [2.24, 2.45) is 0 Å². The van der Waals surface area contributed by atoms with Gasteiger partial charge in [-0.15, -0.1) is 12.4 Å². The first kappa shape index (κ1) is 20.0. The van der Waals surface area contributed by atoms with Crippen LogP contribution in [0.1, 0.15) is 36.1 Å². The molecule has 23 heavy (non-hydrogen) atoms. The van der Waals surface area contributed by atoms with Crippen molar-refractivity contribution in [3.8, 4) is 0 Å². The second-order valence-electron chi connectivity index (χ2n) is 5.50. The normalized spacial score (nSPS) is 17.7. The largest absolute Gasteiger partial charge is 0.455 e. The molecule has 2 N–H and O–H groups in total. The van der Waals surface area contributed by atoms with E-state index in [1.54, 1.807) is 12.1 Å². The fourth-order valence-corrected chi connectivity index (χ4v) is 2.93. The van der Waals surface area contributed by atoms with Crippen molar-refractivity contribution in [3.63, 3.8) is 0 Å². The highest BCUT2D eigenvalue weighted by Crippen LogP contribution is 2.16. The van der Waals surface area contributed by atoms with E-state index >= 15 is 0 Å². The van der Waals surface area contributed by atoms with Gasteiger partial charge in [-0.3, -0.25) is 4.79 Å². The lowest BCUT2D eigenvalue weighted by Crippen LogP contribution is -2.41. The lowest BCUT2D eigenvalue weighted by atomic mass is 10.2. The Bertz CT molecular complexity index is 611. The number of hydrogen-bond donors (Lipinski definition) is 2. The van der Waals surface area contributed by atoms with Gasteiger partial charge in [0, 0.05) is 19.1 Å². The van der Waals surface area contributed by atoms with Gasteiger partial charge in [-0.1, -0.05) is 6.92 Å².